The van der Waals surface area contributed by atoms with E-state index in [1.54, 1.807) is 4.68 Å². The molecule has 0 bridgehead atoms. The molecule has 106 valence electrons. The Morgan fingerprint density at radius 1 is 1.10 bits per heavy atom. The van der Waals surface area contributed by atoms with Crippen LogP contribution in [-0.4, -0.2) is 9.78 Å². The minimum atomic E-state index is -0.185. The van der Waals surface area contributed by atoms with Crippen molar-refractivity contribution >= 4 is 5.69 Å². The van der Waals surface area contributed by atoms with Crippen LogP contribution in [0.3, 0.4) is 0 Å². The molecule has 0 spiro atoms. The number of rotatable bonds is 3. The molecule has 3 rings (SSSR count). The van der Waals surface area contributed by atoms with Crippen LogP contribution >= 0.6 is 0 Å². The van der Waals surface area contributed by atoms with Crippen LogP contribution in [0, 0.1) is 6.92 Å². The zero-order valence-electron chi connectivity index (χ0n) is 11.8. The number of H-pyrrole nitrogens is 1. The molecule has 0 fully saturated rings. The highest BCUT2D eigenvalue weighted by Gasteiger charge is 2.12. The van der Waals surface area contributed by atoms with Crippen molar-refractivity contribution in [3.8, 4) is 11.3 Å². The van der Waals surface area contributed by atoms with Crippen LogP contribution in [0.15, 0.2) is 59.4 Å². The molecule has 0 aliphatic carbocycles. The van der Waals surface area contributed by atoms with E-state index < -0.39 is 0 Å². The fourth-order valence-corrected chi connectivity index (χ4v) is 2.43. The first-order valence-corrected chi connectivity index (χ1v) is 6.84. The summed E-state index contributed by atoms with van der Waals surface area (Å²) in [5, 5.41) is 3.11. The molecule has 4 nitrogen and oxygen atoms in total. The Hall–Kier alpha value is -2.75. The zero-order valence-corrected chi connectivity index (χ0v) is 11.8. The van der Waals surface area contributed by atoms with Gasteiger partial charge in [-0.05, 0) is 12.5 Å². The maximum atomic E-state index is 12.3. The van der Waals surface area contributed by atoms with Gasteiger partial charge in [0.05, 0.1) is 12.2 Å². The molecule has 1 aromatic heterocycles. The smallest absolute Gasteiger partial charge is 0.290 e. The van der Waals surface area contributed by atoms with Crippen molar-refractivity contribution < 1.29 is 0 Å². The molecule has 0 saturated carbocycles. The molecule has 2 aromatic carbocycles. The Morgan fingerprint density at radius 3 is 2.57 bits per heavy atom. The van der Waals surface area contributed by atoms with Crippen molar-refractivity contribution in [3.63, 3.8) is 0 Å². The first-order chi connectivity index (χ1) is 10.1. The van der Waals surface area contributed by atoms with Gasteiger partial charge in [-0.3, -0.25) is 9.89 Å². The van der Waals surface area contributed by atoms with Crippen molar-refractivity contribution in [2.24, 2.45) is 0 Å². The Morgan fingerprint density at radius 2 is 1.86 bits per heavy atom. The highest BCUT2D eigenvalue weighted by atomic mass is 16.1. The highest BCUT2D eigenvalue weighted by molar-refractivity contribution is 5.71. The largest absolute Gasteiger partial charge is 0.392 e. The van der Waals surface area contributed by atoms with Crippen LogP contribution < -0.4 is 11.3 Å². The number of aromatic nitrogens is 2. The van der Waals surface area contributed by atoms with Crippen molar-refractivity contribution in [2.75, 3.05) is 5.73 Å². The normalized spacial score (nSPS) is 10.7. The van der Waals surface area contributed by atoms with E-state index in [4.69, 9.17) is 5.73 Å². The molecule has 0 unspecified atom stereocenters. The second-order valence-electron chi connectivity index (χ2n) is 5.15. The van der Waals surface area contributed by atoms with E-state index in [1.807, 2.05) is 55.5 Å². The summed E-state index contributed by atoms with van der Waals surface area (Å²) in [5.74, 6) is 0. The van der Waals surface area contributed by atoms with Gasteiger partial charge in [-0.25, -0.2) is 4.68 Å². The van der Waals surface area contributed by atoms with E-state index in [2.05, 4.69) is 11.2 Å². The summed E-state index contributed by atoms with van der Waals surface area (Å²) in [6.07, 6.45) is 0. The first kappa shape index (κ1) is 13.2. The lowest BCUT2D eigenvalue weighted by molar-refractivity contribution is 0.666. The van der Waals surface area contributed by atoms with Crippen LogP contribution in [0.1, 0.15) is 11.1 Å². The topological polar surface area (TPSA) is 63.8 Å². The van der Waals surface area contributed by atoms with Crippen LogP contribution in [0.4, 0.5) is 5.69 Å². The third-order valence-corrected chi connectivity index (χ3v) is 3.48. The summed E-state index contributed by atoms with van der Waals surface area (Å²) in [4.78, 5) is 12.3. The van der Waals surface area contributed by atoms with Gasteiger partial charge >= 0.3 is 0 Å². The third-order valence-electron chi connectivity index (χ3n) is 3.48. The molecule has 3 N–H and O–H groups in total. The molecular formula is C17H17N3O. The van der Waals surface area contributed by atoms with Gasteiger partial charge in [-0.1, -0.05) is 60.2 Å². The van der Waals surface area contributed by atoms with Gasteiger partial charge in [0.1, 0.15) is 5.69 Å². The number of hydrogen-bond donors (Lipinski definition) is 2. The highest BCUT2D eigenvalue weighted by Crippen LogP contribution is 2.20. The Labute approximate surface area is 122 Å². The number of nitrogens with two attached hydrogens (primary N) is 1. The fraction of sp³-hybridized carbons (Fsp3) is 0.118. The standard InChI is InChI=1S/C17H17N3O/c1-12-6-5-7-13(10-12)11-20-17(21)15(18)16(19-20)14-8-3-2-4-9-14/h2-10,19H,11,18H2,1H3. The molecule has 3 aromatic rings. The van der Waals surface area contributed by atoms with E-state index >= 15 is 0 Å². The molecule has 0 aliphatic rings. The maximum Gasteiger partial charge on any atom is 0.290 e. The minimum Gasteiger partial charge on any atom is -0.392 e. The average Bonchev–Trinajstić information content (AvgIpc) is 2.77. The molecule has 21 heavy (non-hydrogen) atoms. The molecular weight excluding hydrogens is 262 g/mol. The second-order valence-corrected chi connectivity index (χ2v) is 5.15. The van der Waals surface area contributed by atoms with Gasteiger partial charge in [0, 0.05) is 5.56 Å². The number of nitrogens with zero attached hydrogens (tertiary/aromatic N) is 1. The molecule has 4 heteroatoms. The summed E-state index contributed by atoms with van der Waals surface area (Å²) in [6.45, 7) is 2.52. The molecule has 0 aliphatic heterocycles. The summed E-state index contributed by atoms with van der Waals surface area (Å²) in [6, 6.07) is 17.7. The SMILES string of the molecule is Cc1cccc(Cn2[nH]c(-c3ccccc3)c(N)c2=O)c1. The Balaban J connectivity index is 2.00. The molecule has 0 radical (unpaired) electrons. The number of nitrogens with one attached hydrogen (secondary N) is 1. The lowest BCUT2D eigenvalue weighted by Gasteiger charge is -2.03. The van der Waals surface area contributed by atoms with Gasteiger partial charge < -0.3 is 5.73 Å². The van der Waals surface area contributed by atoms with Crippen LogP contribution in [-0.2, 0) is 6.54 Å². The maximum absolute atomic E-state index is 12.3. The van der Waals surface area contributed by atoms with Gasteiger partial charge in [0.2, 0.25) is 0 Å². The number of hydrogen-bond acceptors (Lipinski definition) is 2. The van der Waals surface area contributed by atoms with Crippen molar-refractivity contribution in [3.05, 3.63) is 76.1 Å². The van der Waals surface area contributed by atoms with Gasteiger partial charge in [0.25, 0.3) is 5.56 Å². The Kier molecular flexibility index (Phi) is 3.36. The zero-order chi connectivity index (χ0) is 14.8. The Bertz CT molecular complexity index is 816. The van der Waals surface area contributed by atoms with Crippen LogP contribution in [0.2, 0.25) is 0 Å². The van der Waals surface area contributed by atoms with E-state index in [-0.39, 0.29) is 11.2 Å². The van der Waals surface area contributed by atoms with Crippen molar-refractivity contribution in [2.45, 2.75) is 13.5 Å². The predicted octanol–water partition coefficient (Wildman–Crippen LogP) is 2.78. The molecule has 0 saturated heterocycles. The quantitative estimate of drug-likeness (QED) is 0.774. The number of anilines is 1. The summed E-state index contributed by atoms with van der Waals surface area (Å²) in [5.41, 5.74) is 9.85. The van der Waals surface area contributed by atoms with Gasteiger partial charge in [-0.2, -0.15) is 0 Å². The van der Waals surface area contributed by atoms with E-state index in [9.17, 15) is 4.79 Å². The molecule has 0 atom stereocenters. The summed E-state index contributed by atoms with van der Waals surface area (Å²) >= 11 is 0. The van der Waals surface area contributed by atoms with E-state index in [0.29, 0.717) is 12.2 Å². The molecule has 0 amide bonds. The van der Waals surface area contributed by atoms with Crippen molar-refractivity contribution in [1.29, 1.82) is 0 Å². The fourth-order valence-electron chi connectivity index (χ4n) is 2.43. The number of aromatic amines is 1. The van der Waals surface area contributed by atoms with Crippen LogP contribution in [0.25, 0.3) is 11.3 Å². The third kappa shape index (κ3) is 2.60. The monoisotopic (exact) mass is 279 g/mol. The first-order valence-electron chi connectivity index (χ1n) is 6.84. The van der Waals surface area contributed by atoms with Crippen LogP contribution in [0.5, 0.6) is 0 Å². The molecule has 1 heterocycles. The second kappa shape index (κ2) is 5.32. The lowest BCUT2D eigenvalue weighted by Crippen LogP contribution is -2.19. The number of benzene rings is 2. The lowest BCUT2D eigenvalue weighted by atomic mass is 10.1. The van der Waals surface area contributed by atoms with E-state index in [0.717, 1.165) is 11.1 Å². The summed E-state index contributed by atoms with van der Waals surface area (Å²) in [7, 11) is 0. The summed E-state index contributed by atoms with van der Waals surface area (Å²) < 4.78 is 1.55. The average molecular weight is 279 g/mol. The number of nitrogen functional groups attached to an aromatic ring is 1. The van der Waals surface area contributed by atoms with Gasteiger partial charge in [-0.15, -0.1) is 0 Å². The predicted molar refractivity (Wildman–Crippen MR) is 85.2 cm³/mol. The van der Waals surface area contributed by atoms with Crippen molar-refractivity contribution in [1.82, 2.24) is 9.78 Å². The minimum absolute atomic E-state index is 0.185. The van der Waals surface area contributed by atoms with Gasteiger partial charge in [0.15, 0.2) is 0 Å². The van der Waals surface area contributed by atoms with E-state index in [1.165, 1.54) is 5.56 Å². The number of aryl methyl sites for hydroxylation is 1.